The first-order valence-electron chi connectivity index (χ1n) is 7.31. The van der Waals surface area contributed by atoms with E-state index < -0.39 is 5.91 Å². The van der Waals surface area contributed by atoms with Crippen molar-refractivity contribution < 1.29 is 9.59 Å². The smallest absolute Gasteiger partial charge is 0.267 e. The number of nitrogens with two attached hydrogens (primary N) is 2. The van der Waals surface area contributed by atoms with Crippen molar-refractivity contribution in [1.29, 1.82) is 0 Å². The van der Waals surface area contributed by atoms with Gasteiger partial charge in [0.25, 0.3) is 5.91 Å². The molecule has 0 unspecified atom stereocenters. The summed E-state index contributed by atoms with van der Waals surface area (Å²) in [4.78, 5) is 36.1. The van der Waals surface area contributed by atoms with Gasteiger partial charge >= 0.3 is 0 Å². The van der Waals surface area contributed by atoms with Gasteiger partial charge in [-0.05, 0) is 26.0 Å². The molecule has 0 bridgehead atoms. The van der Waals surface area contributed by atoms with Crippen molar-refractivity contribution in [2.45, 2.75) is 19.9 Å². The lowest BCUT2D eigenvalue weighted by Gasteiger charge is -2.07. The molecule has 3 rings (SSSR count). The maximum absolute atomic E-state index is 12.8. The molecule has 0 aliphatic carbocycles. The van der Waals surface area contributed by atoms with Crippen LogP contribution >= 0.6 is 0 Å². The monoisotopic (exact) mass is 324 g/mol. The normalized spacial score (nSPS) is 11.1. The SMILES string of the molecule is CC(C)n1cc(C(=O)c2ccc(C(N)=O)nc2)c2c(N)ncnc21. The number of rotatable bonds is 4. The molecule has 0 fully saturated rings. The first-order chi connectivity index (χ1) is 11.4. The Hall–Kier alpha value is -3.29. The molecule has 122 valence electrons. The second-order valence-electron chi connectivity index (χ2n) is 5.63. The highest BCUT2D eigenvalue weighted by atomic mass is 16.1. The molecule has 8 heteroatoms. The molecule has 0 aliphatic heterocycles. The number of carbonyl (C=O) groups is 2. The maximum atomic E-state index is 12.8. The molecule has 0 aliphatic rings. The molecule has 0 radical (unpaired) electrons. The van der Waals surface area contributed by atoms with Gasteiger partial charge in [0.05, 0.1) is 10.9 Å². The van der Waals surface area contributed by atoms with Crippen LogP contribution < -0.4 is 11.5 Å². The summed E-state index contributed by atoms with van der Waals surface area (Å²) in [5, 5.41) is 0.509. The molecule has 24 heavy (non-hydrogen) atoms. The van der Waals surface area contributed by atoms with Gasteiger partial charge in [-0.3, -0.25) is 14.6 Å². The molecular weight excluding hydrogens is 308 g/mol. The number of nitrogen functional groups attached to an aromatic ring is 1. The predicted octanol–water partition coefficient (Wildman–Crippen LogP) is 1.32. The van der Waals surface area contributed by atoms with E-state index in [9.17, 15) is 9.59 Å². The van der Waals surface area contributed by atoms with Gasteiger partial charge in [-0.2, -0.15) is 0 Å². The van der Waals surface area contributed by atoms with Crippen molar-refractivity contribution in [3.05, 3.63) is 47.7 Å². The lowest BCUT2D eigenvalue weighted by Crippen LogP contribution is -2.13. The Morgan fingerprint density at radius 1 is 1.17 bits per heavy atom. The van der Waals surface area contributed by atoms with E-state index in [0.29, 0.717) is 22.2 Å². The van der Waals surface area contributed by atoms with Crippen LogP contribution in [0.5, 0.6) is 0 Å². The molecule has 0 saturated heterocycles. The summed E-state index contributed by atoms with van der Waals surface area (Å²) in [6.45, 7) is 3.96. The van der Waals surface area contributed by atoms with Crippen molar-refractivity contribution in [2.75, 3.05) is 5.73 Å². The highest BCUT2D eigenvalue weighted by molar-refractivity contribution is 6.18. The number of amides is 1. The maximum Gasteiger partial charge on any atom is 0.267 e. The molecule has 3 aromatic heterocycles. The summed E-state index contributed by atoms with van der Waals surface area (Å²) in [5.74, 6) is -0.683. The second kappa shape index (κ2) is 5.73. The van der Waals surface area contributed by atoms with Crippen LogP contribution in [0.15, 0.2) is 30.9 Å². The predicted molar refractivity (Wildman–Crippen MR) is 88.5 cm³/mol. The van der Waals surface area contributed by atoms with Crippen LogP contribution in [0.4, 0.5) is 5.82 Å². The van der Waals surface area contributed by atoms with Crippen molar-refractivity contribution >= 4 is 28.5 Å². The van der Waals surface area contributed by atoms with Gasteiger partial charge in [0.2, 0.25) is 0 Å². The second-order valence-corrected chi connectivity index (χ2v) is 5.63. The zero-order chi connectivity index (χ0) is 17.4. The number of primary amides is 1. The van der Waals surface area contributed by atoms with Gasteiger partial charge in [0.1, 0.15) is 23.5 Å². The first-order valence-corrected chi connectivity index (χ1v) is 7.31. The number of aromatic nitrogens is 4. The Kier molecular flexibility index (Phi) is 3.72. The Morgan fingerprint density at radius 2 is 1.92 bits per heavy atom. The molecule has 3 heterocycles. The summed E-state index contributed by atoms with van der Waals surface area (Å²) >= 11 is 0. The molecule has 0 atom stereocenters. The Labute approximate surface area is 137 Å². The average molecular weight is 324 g/mol. The fourth-order valence-corrected chi connectivity index (χ4v) is 2.50. The topological polar surface area (TPSA) is 130 Å². The van der Waals surface area contributed by atoms with E-state index in [0.717, 1.165) is 0 Å². The summed E-state index contributed by atoms with van der Waals surface area (Å²) < 4.78 is 1.87. The third-order valence-electron chi connectivity index (χ3n) is 3.72. The summed E-state index contributed by atoms with van der Waals surface area (Å²) in [5.41, 5.74) is 12.5. The molecular formula is C16H16N6O2. The van der Waals surface area contributed by atoms with E-state index in [2.05, 4.69) is 15.0 Å². The van der Waals surface area contributed by atoms with Crippen LogP contribution in [0, 0.1) is 0 Å². The Morgan fingerprint density at radius 3 is 2.50 bits per heavy atom. The zero-order valence-corrected chi connectivity index (χ0v) is 13.2. The largest absolute Gasteiger partial charge is 0.383 e. The highest BCUT2D eigenvalue weighted by Gasteiger charge is 2.21. The van der Waals surface area contributed by atoms with E-state index >= 15 is 0 Å². The standard InChI is InChI=1S/C16H16N6O2/c1-8(2)22-6-10(12-14(17)20-7-21-16(12)22)13(23)9-3-4-11(15(18)24)19-5-9/h3-8H,1-2H3,(H2,18,24)(H2,17,20,21). The first kappa shape index (κ1) is 15.6. The number of hydrogen-bond donors (Lipinski definition) is 2. The quantitative estimate of drug-likeness (QED) is 0.696. The fourth-order valence-electron chi connectivity index (χ4n) is 2.50. The summed E-state index contributed by atoms with van der Waals surface area (Å²) in [7, 11) is 0. The molecule has 4 N–H and O–H groups in total. The summed E-state index contributed by atoms with van der Waals surface area (Å²) in [6.07, 6.45) is 4.40. The van der Waals surface area contributed by atoms with Gasteiger partial charge in [0, 0.05) is 24.0 Å². The minimum Gasteiger partial charge on any atom is -0.383 e. The van der Waals surface area contributed by atoms with Crippen molar-refractivity contribution in [1.82, 2.24) is 19.5 Å². The van der Waals surface area contributed by atoms with E-state index in [-0.39, 0.29) is 23.3 Å². The number of fused-ring (bicyclic) bond motifs is 1. The summed E-state index contributed by atoms with van der Waals surface area (Å²) in [6, 6.07) is 3.02. The van der Waals surface area contributed by atoms with E-state index in [4.69, 9.17) is 11.5 Å². The Balaban J connectivity index is 2.15. The van der Waals surface area contributed by atoms with Crippen LogP contribution in [0.25, 0.3) is 11.0 Å². The van der Waals surface area contributed by atoms with Crippen molar-refractivity contribution in [3.63, 3.8) is 0 Å². The van der Waals surface area contributed by atoms with Crippen LogP contribution in [0.2, 0.25) is 0 Å². The molecule has 0 spiro atoms. The van der Waals surface area contributed by atoms with Gasteiger partial charge in [-0.25, -0.2) is 9.97 Å². The van der Waals surface area contributed by atoms with Crippen molar-refractivity contribution in [2.24, 2.45) is 5.73 Å². The van der Waals surface area contributed by atoms with Crippen LogP contribution in [-0.4, -0.2) is 31.2 Å². The molecule has 8 nitrogen and oxygen atoms in total. The molecule has 3 aromatic rings. The lowest BCUT2D eigenvalue weighted by atomic mass is 10.1. The molecule has 0 aromatic carbocycles. The molecule has 0 saturated carbocycles. The van der Waals surface area contributed by atoms with E-state index in [1.807, 2.05) is 18.4 Å². The van der Waals surface area contributed by atoms with Gasteiger partial charge in [-0.1, -0.05) is 0 Å². The lowest BCUT2D eigenvalue weighted by molar-refractivity contribution is 0.0992. The minimum atomic E-state index is -0.650. The zero-order valence-electron chi connectivity index (χ0n) is 13.2. The average Bonchev–Trinajstić information content (AvgIpc) is 2.95. The third-order valence-corrected chi connectivity index (χ3v) is 3.72. The van der Waals surface area contributed by atoms with Crippen molar-refractivity contribution in [3.8, 4) is 0 Å². The van der Waals surface area contributed by atoms with Crippen LogP contribution in [-0.2, 0) is 0 Å². The van der Waals surface area contributed by atoms with E-state index in [1.165, 1.54) is 24.7 Å². The Bertz CT molecular complexity index is 943. The number of anilines is 1. The number of ketones is 1. The minimum absolute atomic E-state index is 0.0960. The highest BCUT2D eigenvalue weighted by Crippen LogP contribution is 2.28. The number of carbonyl (C=O) groups excluding carboxylic acids is 2. The number of pyridine rings is 1. The van der Waals surface area contributed by atoms with Gasteiger partial charge in [0.15, 0.2) is 5.78 Å². The fraction of sp³-hybridized carbons (Fsp3) is 0.188. The van der Waals surface area contributed by atoms with Gasteiger partial charge < -0.3 is 16.0 Å². The number of nitrogens with zero attached hydrogens (tertiary/aromatic N) is 4. The molecule has 1 amide bonds. The number of hydrogen-bond acceptors (Lipinski definition) is 6. The van der Waals surface area contributed by atoms with Gasteiger partial charge in [-0.15, -0.1) is 0 Å². The van der Waals surface area contributed by atoms with E-state index in [1.54, 1.807) is 6.20 Å². The third kappa shape index (κ3) is 2.47. The van der Waals surface area contributed by atoms with Crippen LogP contribution in [0.1, 0.15) is 46.3 Å². The van der Waals surface area contributed by atoms with Crippen LogP contribution in [0.3, 0.4) is 0 Å².